The van der Waals surface area contributed by atoms with E-state index in [2.05, 4.69) is 70.8 Å². The molecule has 2 heterocycles. The van der Waals surface area contributed by atoms with Gasteiger partial charge in [-0.2, -0.15) is 31.0 Å². The molecule has 0 fully saturated rings. The van der Waals surface area contributed by atoms with Gasteiger partial charge in [-0.05, 0) is 150 Å². The van der Waals surface area contributed by atoms with Crippen LogP contribution in [0.1, 0.15) is 74.4 Å². The Morgan fingerprint density at radius 2 is 0.965 bits per heavy atom. The Labute approximate surface area is 358 Å². The Morgan fingerprint density at radius 3 is 1.39 bits per heavy atom. The fraction of sp³-hybridized carbons (Fsp3) is 0.163. The van der Waals surface area contributed by atoms with Crippen LogP contribution in [0.2, 0.25) is 0 Å². The fourth-order valence-electron chi connectivity index (χ4n) is 5.89. The second kappa shape index (κ2) is 20.4. The molecule has 0 unspecified atom stereocenters. The highest BCUT2D eigenvalue weighted by molar-refractivity contribution is 14.0. The van der Waals surface area contributed by atoms with Gasteiger partial charge in [-0.25, -0.2) is 9.97 Å². The number of aromatic nitrogens is 4. The lowest BCUT2D eigenvalue weighted by atomic mass is 9.96. The van der Waals surface area contributed by atoms with Crippen molar-refractivity contribution in [1.82, 2.24) is 19.9 Å². The first-order valence-electron chi connectivity index (χ1n) is 16.9. The Bertz CT molecular complexity index is 2520. The van der Waals surface area contributed by atoms with Gasteiger partial charge in [-0.1, -0.05) is 7.43 Å². The molecule has 6 N–H and O–H groups in total. The zero-order valence-electron chi connectivity index (χ0n) is 30.9. The number of nitrogen functional groups attached to an aromatic ring is 2. The SMILES string of the molecule is C.Cc1cc(C#N)cc(C)c1Cc1cc(N)nc(Nc2ccc(C#N)cc2)n1.Cc1cc(C#N)cc(C)c1Cc1nc(Nc2ccc(C#N)cc2)nc(N)c1Br.I. The van der Waals surface area contributed by atoms with Crippen LogP contribution in [-0.2, 0) is 12.8 Å². The molecule has 0 aliphatic heterocycles. The molecule has 6 aromatic rings. The summed E-state index contributed by atoms with van der Waals surface area (Å²) in [4.78, 5) is 17.7. The van der Waals surface area contributed by atoms with Crippen LogP contribution in [0.15, 0.2) is 83.3 Å². The predicted molar refractivity (Wildman–Crippen MR) is 238 cm³/mol. The molecule has 4 aromatic carbocycles. The van der Waals surface area contributed by atoms with E-state index in [1.165, 1.54) is 0 Å². The molecule has 0 bridgehead atoms. The van der Waals surface area contributed by atoms with Gasteiger partial charge in [0.15, 0.2) is 0 Å². The summed E-state index contributed by atoms with van der Waals surface area (Å²) in [5, 5.41) is 42.3. The van der Waals surface area contributed by atoms with Gasteiger partial charge in [-0.15, -0.1) is 24.0 Å². The number of nitrogens with zero attached hydrogens (tertiary/aromatic N) is 8. The molecule has 0 saturated heterocycles. The number of halogens is 2. The van der Waals surface area contributed by atoms with Crippen molar-refractivity contribution in [3.05, 3.63) is 150 Å². The summed E-state index contributed by atoms with van der Waals surface area (Å²) in [5.74, 6) is 1.49. The van der Waals surface area contributed by atoms with E-state index < -0.39 is 0 Å². The summed E-state index contributed by atoms with van der Waals surface area (Å²) in [6.45, 7) is 7.95. The third kappa shape index (κ3) is 11.7. The first-order chi connectivity index (χ1) is 26.4. The number of hydrogen-bond donors (Lipinski definition) is 4. The Balaban J connectivity index is 0.000000295. The van der Waals surface area contributed by atoms with Crippen LogP contribution in [0.5, 0.6) is 0 Å². The molecule has 2 aromatic heterocycles. The number of hydrogen-bond acceptors (Lipinski definition) is 12. The molecular formula is C43H40BrIN12. The van der Waals surface area contributed by atoms with Crippen molar-refractivity contribution in [2.45, 2.75) is 48.0 Å². The summed E-state index contributed by atoms with van der Waals surface area (Å²) in [7, 11) is 0. The highest BCUT2D eigenvalue weighted by Gasteiger charge is 2.15. The maximum atomic E-state index is 9.14. The first kappa shape index (κ1) is 44.8. The van der Waals surface area contributed by atoms with Gasteiger partial charge in [-0.3, -0.25) is 0 Å². The molecule has 0 amide bonds. The minimum Gasteiger partial charge on any atom is -0.384 e. The van der Waals surface area contributed by atoms with Crippen molar-refractivity contribution in [3.8, 4) is 24.3 Å². The molecule has 0 spiro atoms. The van der Waals surface area contributed by atoms with Gasteiger partial charge >= 0.3 is 0 Å². The second-order valence-corrected chi connectivity index (χ2v) is 13.5. The Kier molecular flexibility index (Phi) is 16.0. The van der Waals surface area contributed by atoms with Crippen molar-refractivity contribution in [2.75, 3.05) is 22.1 Å². The van der Waals surface area contributed by atoms with E-state index in [4.69, 9.17) is 32.5 Å². The maximum absolute atomic E-state index is 9.14. The van der Waals surface area contributed by atoms with Crippen LogP contribution in [0.3, 0.4) is 0 Å². The van der Waals surface area contributed by atoms with Gasteiger partial charge in [0.25, 0.3) is 0 Å². The lowest BCUT2D eigenvalue weighted by molar-refractivity contribution is 1.00. The van der Waals surface area contributed by atoms with Crippen molar-refractivity contribution < 1.29 is 0 Å². The van der Waals surface area contributed by atoms with Gasteiger partial charge in [0.05, 0.1) is 62.4 Å². The monoisotopic (exact) mass is 930 g/mol. The molecule has 0 aliphatic carbocycles. The highest BCUT2D eigenvalue weighted by atomic mass is 127. The molecule has 0 radical (unpaired) electrons. The van der Waals surface area contributed by atoms with E-state index in [0.717, 1.165) is 56.1 Å². The Morgan fingerprint density at radius 1 is 0.561 bits per heavy atom. The molecule has 286 valence electrons. The number of nitrogens with two attached hydrogens (primary N) is 2. The van der Waals surface area contributed by atoms with E-state index >= 15 is 0 Å². The normalized spacial score (nSPS) is 9.77. The van der Waals surface area contributed by atoms with Crippen LogP contribution >= 0.6 is 39.9 Å². The van der Waals surface area contributed by atoms with Gasteiger partial charge in [0.1, 0.15) is 11.6 Å². The molecule has 57 heavy (non-hydrogen) atoms. The second-order valence-electron chi connectivity index (χ2n) is 12.7. The Hall–Kier alpha value is -6.59. The average molecular weight is 932 g/mol. The number of anilines is 6. The number of nitriles is 4. The third-order valence-electron chi connectivity index (χ3n) is 8.64. The topological polar surface area (TPSA) is 223 Å². The number of benzene rings is 4. The number of nitrogens with one attached hydrogen (secondary N) is 2. The molecule has 12 nitrogen and oxygen atoms in total. The van der Waals surface area contributed by atoms with E-state index in [0.29, 0.717) is 63.1 Å². The molecule has 0 saturated carbocycles. The van der Waals surface area contributed by atoms with Crippen LogP contribution in [0.25, 0.3) is 0 Å². The molecular weight excluding hydrogens is 891 g/mol. The zero-order valence-corrected chi connectivity index (χ0v) is 34.9. The average Bonchev–Trinajstić information content (AvgIpc) is 3.16. The number of rotatable bonds is 8. The van der Waals surface area contributed by atoms with E-state index in [9.17, 15) is 0 Å². The first-order valence-corrected chi connectivity index (χ1v) is 17.7. The smallest absolute Gasteiger partial charge is 0.229 e. The summed E-state index contributed by atoms with van der Waals surface area (Å²) >= 11 is 3.49. The van der Waals surface area contributed by atoms with Crippen molar-refractivity contribution in [3.63, 3.8) is 0 Å². The van der Waals surface area contributed by atoms with Gasteiger partial charge in [0, 0.05) is 30.3 Å². The molecule has 0 aliphatic rings. The van der Waals surface area contributed by atoms with E-state index in [-0.39, 0.29) is 31.4 Å². The fourth-order valence-corrected chi connectivity index (χ4v) is 6.21. The van der Waals surface area contributed by atoms with Crippen molar-refractivity contribution in [1.29, 1.82) is 21.0 Å². The van der Waals surface area contributed by atoms with Gasteiger partial charge < -0.3 is 22.1 Å². The zero-order chi connectivity index (χ0) is 39.6. The van der Waals surface area contributed by atoms with Gasteiger partial charge in [0.2, 0.25) is 11.9 Å². The van der Waals surface area contributed by atoms with Crippen LogP contribution in [0, 0.1) is 73.0 Å². The lowest BCUT2D eigenvalue weighted by Crippen LogP contribution is -2.07. The minimum absolute atomic E-state index is 0. The predicted octanol–water partition coefficient (Wildman–Crippen LogP) is 9.52. The molecule has 14 heteroatoms. The molecule has 6 rings (SSSR count). The minimum atomic E-state index is 0. The van der Waals surface area contributed by atoms with Crippen LogP contribution in [0.4, 0.5) is 34.9 Å². The third-order valence-corrected chi connectivity index (χ3v) is 9.50. The van der Waals surface area contributed by atoms with Crippen LogP contribution in [-0.4, -0.2) is 19.9 Å². The summed E-state index contributed by atoms with van der Waals surface area (Å²) < 4.78 is 0.654. The highest BCUT2D eigenvalue weighted by Crippen LogP contribution is 2.29. The summed E-state index contributed by atoms with van der Waals surface area (Å²) in [6, 6.07) is 31.8. The number of aryl methyl sites for hydroxylation is 4. The van der Waals surface area contributed by atoms with E-state index in [1.54, 1.807) is 54.6 Å². The maximum Gasteiger partial charge on any atom is 0.229 e. The van der Waals surface area contributed by atoms with Crippen LogP contribution < -0.4 is 22.1 Å². The largest absolute Gasteiger partial charge is 0.384 e. The van der Waals surface area contributed by atoms with Crippen molar-refractivity contribution in [2.24, 2.45) is 0 Å². The molecule has 0 atom stereocenters. The standard InChI is InChI=1S/C21H17BrN6.C21H18N6.CH4.HI/c1-12-7-15(11-24)8-13(2)17(12)9-18-19(22)20(25)28-21(27-18)26-16-5-3-14(10-23)4-6-16;1-13-7-16(12-23)8-14(2)19(13)9-18-10-20(24)27-21(26-18)25-17-5-3-15(11-22)4-6-17;;/h3-8H,9H2,1-2H3,(H3,25,26,27,28);3-8,10H,9H2,1-2H3,(H3,24,25,26,27);1H4;1H. The quantitative estimate of drug-likeness (QED) is 0.105. The van der Waals surface area contributed by atoms with Crippen molar-refractivity contribution >= 4 is 74.8 Å². The summed E-state index contributed by atoms with van der Waals surface area (Å²) in [5.41, 5.74) is 23.9. The van der Waals surface area contributed by atoms with E-state index in [1.807, 2.05) is 52.0 Å². The summed E-state index contributed by atoms with van der Waals surface area (Å²) in [6.07, 6.45) is 1.15. The lowest BCUT2D eigenvalue weighted by Gasteiger charge is -2.14.